The second-order valence-electron chi connectivity index (χ2n) is 6.34. The Morgan fingerprint density at radius 1 is 1.20 bits per heavy atom. The van der Waals surface area contributed by atoms with E-state index in [1.165, 1.54) is 44.3 Å². The third kappa shape index (κ3) is 1.94. The van der Waals surface area contributed by atoms with Crippen LogP contribution in [0.15, 0.2) is 18.5 Å². The number of imidazole rings is 1. The monoisotopic (exact) mass is 270 g/mol. The van der Waals surface area contributed by atoms with Gasteiger partial charge in [0.05, 0.1) is 23.3 Å². The van der Waals surface area contributed by atoms with Crippen LogP contribution in [-0.2, 0) is 7.05 Å². The van der Waals surface area contributed by atoms with Crippen LogP contribution in [-0.4, -0.2) is 20.6 Å². The number of fused-ring (bicyclic) bond motifs is 2. The third-order valence-electron chi connectivity index (χ3n) is 5.18. The van der Waals surface area contributed by atoms with Gasteiger partial charge in [-0.25, -0.2) is 4.98 Å². The molecule has 3 atom stereocenters. The van der Waals surface area contributed by atoms with E-state index < -0.39 is 0 Å². The van der Waals surface area contributed by atoms with Crippen LogP contribution in [0.2, 0.25) is 0 Å². The maximum atomic E-state index is 4.83. The lowest BCUT2D eigenvalue weighted by molar-refractivity contribution is 0.172. The highest BCUT2D eigenvalue weighted by Gasteiger charge is 2.33. The van der Waals surface area contributed by atoms with Crippen molar-refractivity contribution in [1.29, 1.82) is 0 Å². The molecular weight excluding hydrogens is 248 g/mol. The first kappa shape index (κ1) is 12.3. The number of aryl methyl sites for hydroxylation is 1. The summed E-state index contributed by atoms with van der Waals surface area (Å²) in [6, 6.07) is 3.12. The van der Waals surface area contributed by atoms with Gasteiger partial charge in [-0.15, -0.1) is 0 Å². The molecule has 3 heterocycles. The molecule has 2 aromatic rings. The molecule has 0 bridgehead atoms. The number of hydrogen-bond donors (Lipinski definition) is 1. The number of rotatable bonds is 1. The zero-order chi connectivity index (χ0) is 13.5. The van der Waals surface area contributed by atoms with Crippen LogP contribution >= 0.6 is 0 Å². The second kappa shape index (κ2) is 4.85. The van der Waals surface area contributed by atoms with E-state index in [9.17, 15) is 0 Å². The van der Waals surface area contributed by atoms with Gasteiger partial charge in [-0.3, -0.25) is 4.98 Å². The van der Waals surface area contributed by atoms with Gasteiger partial charge in [-0.1, -0.05) is 12.8 Å². The van der Waals surface area contributed by atoms with Crippen LogP contribution in [0.3, 0.4) is 0 Å². The average Bonchev–Trinajstić information content (AvgIpc) is 2.84. The molecule has 2 aromatic heterocycles. The number of pyridine rings is 1. The van der Waals surface area contributed by atoms with Crippen molar-refractivity contribution in [2.24, 2.45) is 13.0 Å². The van der Waals surface area contributed by atoms with Gasteiger partial charge in [-0.2, -0.15) is 0 Å². The third-order valence-corrected chi connectivity index (χ3v) is 5.18. The zero-order valence-corrected chi connectivity index (χ0v) is 12.0. The standard InChI is InChI=1S/C16H22N4/c1-20-15-10-17-9-8-13(15)19-16(20)14-7-6-11-4-2-3-5-12(11)18-14/h8-12,14,18H,2-7H2,1H3. The highest BCUT2D eigenvalue weighted by atomic mass is 15.1. The molecule has 4 rings (SSSR count). The van der Waals surface area contributed by atoms with E-state index in [2.05, 4.69) is 21.9 Å². The Balaban J connectivity index is 1.64. The summed E-state index contributed by atoms with van der Waals surface area (Å²) in [7, 11) is 2.11. The predicted octanol–water partition coefficient (Wildman–Crippen LogP) is 2.95. The molecule has 1 saturated carbocycles. The minimum atomic E-state index is 0.409. The van der Waals surface area contributed by atoms with Crippen molar-refractivity contribution in [1.82, 2.24) is 19.9 Å². The smallest absolute Gasteiger partial charge is 0.126 e. The van der Waals surface area contributed by atoms with Gasteiger partial charge in [0, 0.05) is 19.3 Å². The predicted molar refractivity (Wildman–Crippen MR) is 79.4 cm³/mol. The molecule has 0 amide bonds. The molecule has 1 N–H and O–H groups in total. The number of nitrogens with zero attached hydrogens (tertiary/aromatic N) is 3. The van der Waals surface area contributed by atoms with Gasteiger partial charge in [0.25, 0.3) is 0 Å². The maximum Gasteiger partial charge on any atom is 0.126 e. The molecule has 1 aliphatic carbocycles. The fourth-order valence-electron chi connectivity index (χ4n) is 4.06. The average molecular weight is 270 g/mol. The molecule has 4 heteroatoms. The van der Waals surface area contributed by atoms with E-state index in [0.29, 0.717) is 12.1 Å². The number of nitrogens with one attached hydrogen (secondary N) is 1. The molecule has 2 fully saturated rings. The Morgan fingerprint density at radius 2 is 2.10 bits per heavy atom. The lowest BCUT2D eigenvalue weighted by atomic mass is 9.77. The van der Waals surface area contributed by atoms with Crippen LogP contribution in [0.5, 0.6) is 0 Å². The highest BCUT2D eigenvalue weighted by molar-refractivity contribution is 5.74. The van der Waals surface area contributed by atoms with Crippen LogP contribution in [0.25, 0.3) is 11.0 Å². The molecule has 4 nitrogen and oxygen atoms in total. The number of hydrogen-bond acceptors (Lipinski definition) is 3. The van der Waals surface area contributed by atoms with Crippen LogP contribution < -0.4 is 5.32 Å². The van der Waals surface area contributed by atoms with E-state index >= 15 is 0 Å². The van der Waals surface area contributed by atoms with Gasteiger partial charge in [0.2, 0.25) is 0 Å². The quantitative estimate of drug-likeness (QED) is 0.866. The summed E-state index contributed by atoms with van der Waals surface area (Å²) in [6.45, 7) is 0. The van der Waals surface area contributed by atoms with Gasteiger partial charge < -0.3 is 9.88 Å². The summed E-state index contributed by atoms with van der Waals surface area (Å²) in [6.07, 6.45) is 11.9. The van der Waals surface area contributed by atoms with Crippen LogP contribution in [0, 0.1) is 5.92 Å². The summed E-state index contributed by atoms with van der Waals surface area (Å²) in [5, 5.41) is 3.87. The van der Waals surface area contributed by atoms with Crippen LogP contribution in [0.4, 0.5) is 0 Å². The van der Waals surface area contributed by atoms with Gasteiger partial charge in [-0.05, 0) is 37.7 Å². The van der Waals surface area contributed by atoms with E-state index in [4.69, 9.17) is 4.98 Å². The first-order valence-corrected chi connectivity index (χ1v) is 7.85. The Morgan fingerprint density at radius 3 is 3.00 bits per heavy atom. The minimum absolute atomic E-state index is 0.409. The Labute approximate surface area is 119 Å². The summed E-state index contributed by atoms with van der Waals surface area (Å²) >= 11 is 0. The Hall–Kier alpha value is -1.42. The summed E-state index contributed by atoms with van der Waals surface area (Å²) in [5.74, 6) is 2.08. The molecule has 2 aliphatic rings. The maximum absolute atomic E-state index is 4.83. The molecule has 0 spiro atoms. The van der Waals surface area contributed by atoms with Crippen molar-refractivity contribution in [3.05, 3.63) is 24.3 Å². The van der Waals surface area contributed by atoms with Gasteiger partial charge >= 0.3 is 0 Å². The molecule has 20 heavy (non-hydrogen) atoms. The molecule has 106 valence electrons. The Bertz CT molecular complexity index is 618. The van der Waals surface area contributed by atoms with Crippen molar-refractivity contribution in [3.8, 4) is 0 Å². The SMILES string of the molecule is Cn1c(C2CCC3CCCCC3N2)nc2ccncc21. The topological polar surface area (TPSA) is 42.7 Å². The first-order valence-electron chi connectivity index (χ1n) is 7.85. The van der Waals surface area contributed by atoms with Crippen molar-refractivity contribution in [3.63, 3.8) is 0 Å². The number of aromatic nitrogens is 3. The van der Waals surface area contributed by atoms with E-state index in [-0.39, 0.29) is 0 Å². The summed E-state index contributed by atoms with van der Waals surface area (Å²) < 4.78 is 2.21. The van der Waals surface area contributed by atoms with Crippen molar-refractivity contribution < 1.29 is 0 Å². The fourth-order valence-corrected chi connectivity index (χ4v) is 4.06. The molecule has 0 radical (unpaired) electrons. The van der Waals surface area contributed by atoms with E-state index in [1.807, 2.05) is 18.5 Å². The van der Waals surface area contributed by atoms with Crippen molar-refractivity contribution in [2.75, 3.05) is 0 Å². The first-order chi connectivity index (χ1) is 9.83. The molecular formula is C16H22N4. The van der Waals surface area contributed by atoms with E-state index in [1.54, 1.807) is 0 Å². The lowest BCUT2D eigenvalue weighted by Gasteiger charge is -2.40. The lowest BCUT2D eigenvalue weighted by Crippen LogP contribution is -2.45. The second-order valence-corrected chi connectivity index (χ2v) is 6.34. The van der Waals surface area contributed by atoms with E-state index in [0.717, 1.165) is 17.0 Å². The summed E-state index contributed by atoms with van der Waals surface area (Å²) in [5.41, 5.74) is 2.19. The van der Waals surface area contributed by atoms with Crippen molar-refractivity contribution >= 4 is 11.0 Å². The van der Waals surface area contributed by atoms with Gasteiger partial charge in [0.15, 0.2) is 0 Å². The molecule has 1 aliphatic heterocycles. The fraction of sp³-hybridized carbons (Fsp3) is 0.625. The van der Waals surface area contributed by atoms with Crippen molar-refractivity contribution in [2.45, 2.75) is 50.6 Å². The molecule has 3 unspecified atom stereocenters. The van der Waals surface area contributed by atoms with Crippen LogP contribution in [0.1, 0.15) is 50.4 Å². The summed E-state index contributed by atoms with van der Waals surface area (Å²) in [4.78, 5) is 9.05. The largest absolute Gasteiger partial charge is 0.329 e. The number of piperidine rings is 1. The normalized spacial score (nSPS) is 30.4. The minimum Gasteiger partial charge on any atom is -0.329 e. The highest BCUT2D eigenvalue weighted by Crippen LogP contribution is 2.36. The van der Waals surface area contributed by atoms with Gasteiger partial charge in [0.1, 0.15) is 5.82 Å². The molecule has 1 saturated heterocycles. The zero-order valence-electron chi connectivity index (χ0n) is 12.0. The molecule has 0 aromatic carbocycles. The Kier molecular flexibility index (Phi) is 2.99.